The normalized spacial score (nSPS) is 13.5. The second kappa shape index (κ2) is 16.3. The minimum atomic E-state index is -1.72. The Balaban J connectivity index is 0.000000295. The Morgan fingerprint density at radius 2 is 1.40 bits per heavy atom. The summed E-state index contributed by atoms with van der Waals surface area (Å²) in [5.74, 6) is 7.34. The average Bonchev–Trinajstić information content (AvgIpc) is 3.90. The summed E-state index contributed by atoms with van der Waals surface area (Å²) in [5.41, 5.74) is 4.99. The largest absolute Gasteiger partial charge is 0 e. The summed E-state index contributed by atoms with van der Waals surface area (Å²) in [5, 5.41) is 1.46. The first kappa shape index (κ1) is 28.5. The van der Waals surface area contributed by atoms with E-state index in [4.69, 9.17) is 26.7 Å². The standard InChI is InChI=1S/C36H22N3O.C14H16GeN.Ir/c1-3-12-24(13-4-1)26-16-7-9-20-32(26)39-33-21-10-8-19-31(33)37-35(39)29-18-11-17-27-28-22-23-30(25-14-5-2-6-15-25)38-36(28)40-34(27)29;1-15(2,3)13-9-10-14(16-11-13)12-7-5-4-6-8-12;/h1-17,19-23H;4-7,9-11H,1-3H3;/q2*-1;/i1D,3D,4D,7D,9D,12D,13D,16D,20D;;. The van der Waals surface area contributed by atoms with Crippen LogP contribution >= 0.6 is 0 Å². The summed E-state index contributed by atoms with van der Waals surface area (Å²) in [6.07, 6.45) is 2.04. The van der Waals surface area contributed by atoms with Crippen molar-refractivity contribution in [2.45, 2.75) is 17.3 Å². The Hall–Kier alpha value is -5.92. The first-order chi connectivity index (χ1) is 31.1. The number of aromatic nitrogens is 4. The van der Waals surface area contributed by atoms with Gasteiger partial charge >= 0.3 is 99.8 Å². The van der Waals surface area contributed by atoms with Crippen molar-refractivity contribution in [2.24, 2.45) is 0 Å². The van der Waals surface area contributed by atoms with E-state index in [0.29, 0.717) is 33.6 Å². The van der Waals surface area contributed by atoms with Gasteiger partial charge in [0.25, 0.3) is 0 Å². The molecule has 57 heavy (non-hydrogen) atoms. The van der Waals surface area contributed by atoms with Crippen molar-refractivity contribution >= 4 is 50.8 Å². The average molecular weight is 985 g/mol. The molecule has 0 saturated heterocycles. The number of rotatable bonds is 6. The van der Waals surface area contributed by atoms with Crippen LogP contribution in [0, 0.1) is 12.1 Å². The van der Waals surface area contributed by atoms with Crippen molar-refractivity contribution < 1.29 is 36.9 Å². The summed E-state index contributed by atoms with van der Waals surface area (Å²) < 4.78 is 86.9. The molecule has 0 spiro atoms. The van der Waals surface area contributed by atoms with Gasteiger partial charge in [-0.15, -0.1) is 18.2 Å². The fraction of sp³-hybridized carbons (Fsp3) is 0.0600. The first-order valence-corrected chi connectivity index (χ1v) is 25.4. The smallest absolute Gasteiger partial charge is 0 e. The summed E-state index contributed by atoms with van der Waals surface area (Å²) >= 11 is -1.72. The molecule has 0 atom stereocenters. The summed E-state index contributed by atoms with van der Waals surface area (Å²) in [6.45, 7) is 0. The van der Waals surface area contributed by atoms with Gasteiger partial charge in [0.15, 0.2) is 0 Å². The molecule has 4 aromatic heterocycles. The van der Waals surface area contributed by atoms with Crippen molar-refractivity contribution in [3.8, 4) is 50.7 Å². The van der Waals surface area contributed by atoms with Crippen molar-refractivity contribution in [3.05, 3.63) is 188 Å². The Labute approximate surface area is 361 Å². The number of imidazole rings is 1. The third-order valence-electron chi connectivity index (χ3n) is 9.41. The van der Waals surface area contributed by atoms with Crippen LogP contribution in [0.25, 0.3) is 83.8 Å². The SMILES string of the molecule is [2H]c1c([2H])c([2H])c(-c2c([2H])c([2H])c([2H])c([2H])c2-n2c(-c3[c-]ccc4c3oc3nc(-c5ccccc5)ccc34)nc3ccccc32)c([2H])c1[2H].[CH3][Ge]([CH3])([CH3])[c]1ccc(-c2[c-]cccc2)nc1.[Ir]. The van der Waals surface area contributed by atoms with Crippen molar-refractivity contribution in [2.75, 3.05) is 0 Å². The predicted molar refractivity (Wildman–Crippen MR) is 233 cm³/mol. The number of hydrogen-bond acceptors (Lipinski definition) is 4. The van der Waals surface area contributed by atoms with E-state index in [1.807, 2.05) is 79.0 Å². The molecular formula is C50H38GeIrN4O-2. The van der Waals surface area contributed by atoms with Gasteiger partial charge in [-0.25, -0.2) is 4.98 Å². The van der Waals surface area contributed by atoms with Crippen LogP contribution in [0.3, 0.4) is 0 Å². The van der Waals surface area contributed by atoms with Crippen molar-refractivity contribution in [1.82, 2.24) is 19.5 Å². The summed E-state index contributed by atoms with van der Waals surface area (Å²) in [4.78, 5) is 14.2. The van der Waals surface area contributed by atoms with Gasteiger partial charge in [0, 0.05) is 42.3 Å². The Kier molecular flexibility index (Phi) is 8.13. The van der Waals surface area contributed by atoms with E-state index < -0.39 is 67.6 Å². The molecule has 0 aliphatic carbocycles. The van der Waals surface area contributed by atoms with Crippen LogP contribution in [0.15, 0.2) is 180 Å². The molecule has 0 aliphatic rings. The van der Waals surface area contributed by atoms with Gasteiger partial charge in [0.2, 0.25) is 5.71 Å². The van der Waals surface area contributed by atoms with Gasteiger partial charge in [-0.3, -0.25) is 4.98 Å². The summed E-state index contributed by atoms with van der Waals surface area (Å²) in [7, 11) is 0. The minimum absolute atomic E-state index is 0. The van der Waals surface area contributed by atoms with E-state index >= 15 is 0 Å². The molecule has 7 heteroatoms. The molecule has 5 nitrogen and oxygen atoms in total. The van der Waals surface area contributed by atoms with Crippen molar-refractivity contribution in [1.29, 1.82) is 0 Å². The number of furan rings is 1. The molecule has 6 aromatic carbocycles. The van der Waals surface area contributed by atoms with E-state index in [2.05, 4.69) is 46.5 Å². The molecule has 4 heterocycles. The van der Waals surface area contributed by atoms with Gasteiger partial charge in [-0.05, 0) is 35.9 Å². The topological polar surface area (TPSA) is 56.7 Å². The summed E-state index contributed by atoms with van der Waals surface area (Å²) in [6, 6.07) is 37.4. The van der Waals surface area contributed by atoms with E-state index in [1.54, 1.807) is 30.3 Å². The molecule has 0 aliphatic heterocycles. The van der Waals surface area contributed by atoms with Gasteiger partial charge in [0.1, 0.15) is 0 Å². The third kappa shape index (κ3) is 7.64. The van der Waals surface area contributed by atoms with Crippen LogP contribution in [0.4, 0.5) is 0 Å². The van der Waals surface area contributed by atoms with Gasteiger partial charge in [-0.2, -0.15) is 0 Å². The Bertz CT molecular complexity index is 3440. The van der Waals surface area contributed by atoms with Crippen LogP contribution < -0.4 is 4.40 Å². The molecule has 0 saturated carbocycles. The van der Waals surface area contributed by atoms with E-state index in [0.717, 1.165) is 27.6 Å². The van der Waals surface area contributed by atoms with Crippen LogP contribution in [-0.4, -0.2) is 32.8 Å². The van der Waals surface area contributed by atoms with Crippen LogP contribution in [0.5, 0.6) is 0 Å². The zero-order valence-corrected chi connectivity index (χ0v) is 35.6. The molecule has 0 amide bonds. The fourth-order valence-electron chi connectivity index (χ4n) is 6.56. The number of benzene rings is 6. The Morgan fingerprint density at radius 3 is 2.18 bits per heavy atom. The zero-order valence-electron chi connectivity index (χ0n) is 40.1. The van der Waals surface area contributed by atoms with Gasteiger partial charge in [-0.1, -0.05) is 102 Å². The fourth-order valence-corrected chi connectivity index (χ4v) is 8.73. The molecule has 279 valence electrons. The first-order valence-electron chi connectivity index (χ1n) is 22.5. The van der Waals surface area contributed by atoms with E-state index in [9.17, 15) is 0 Å². The molecule has 0 fully saturated rings. The predicted octanol–water partition coefficient (Wildman–Crippen LogP) is 12.2. The number of pyridine rings is 2. The second-order valence-electron chi connectivity index (χ2n) is 14.1. The second-order valence-corrected chi connectivity index (χ2v) is 24.7. The number of hydrogen-bond donors (Lipinski definition) is 0. The third-order valence-corrected chi connectivity index (χ3v) is 13.7. The maximum absolute atomic E-state index is 9.14. The van der Waals surface area contributed by atoms with Crippen molar-refractivity contribution in [3.63, 3.8) is 0 Å². The van der Waals surface area contributed by atoms with E-state index in [1.165, 1.54) is 8.96 Å². The number of para-hydroxylation sites is 3. The quantitative estimate of drug-likeness (QED) is 0.123. The molecule has 0 bridgehead atoms. The molecule has 10 aromatic rings. The van der Waals surface area contributed by atoms with Crippen LogP contribution in [0.2, 0.25) is 17.3 Å². The molecule has 10 rings (SSSR count). The molecular weight excluding hydrogens is 937 g/mol. The molecule has 1 radical (unpaired) electrons. The van der Waals surface area contributed by atoms with Gasteiger partial charge < -0.3 is 8.98 Å². The van der Waals surface area contributed by atoms with Gasteiger partial charge in [0.05, 0.1) is 40.5 Å². The maximum atomic E-state index is 9.14. The number of fused-ring (bicyclic) bond motifs is 4. The Morgan fingerprint density at radius 1 is 0.649 bits per heavy atom. The van der Waals surface area contributed by atoms with Crippen LogP contribution in [0.1, 0.15) is 12.3 Å². The van der Waals surface area contributed by atoms with E-state index in [-0.39, 0.29) is 42.7 Å². The van der Waals surface area contributed by atoms with Crippen LogP contribution in [-0.2, 0) is 20.1 Å². The molecule has 0 N–H and O–H groups in total. The zero-order chi connectivity index (χ0) is 45.9. The number of nitrogens with zero attached hydrogens (tertiary/aromatic N) is 4. The molecule has 0 unspecified atom stereocenters. The monoisotopic (exact) mass is 986 g/mol. The minimum Gasteiger partial charge on any atom is 0 e. The maximum Gasteiger partial charge on any atom is 0 e.